The lowest BCUT2D eigenvalue weighted by molar-refractivity contribution is -0.145. The van der Waals surface area contributed by atoms with Crippen LogP contribution in [0.25, 0.3) is 0 Å². The third-order valence-electron chi connectivity index (χ3n) is 1.99. The second kappa shape index (κ2) is 5.33. The van der Waals surface area contributed by atoms with Crippen LogP contribution in [0.15, 0.2) is 12.7 Å². The maximum absolute atomic E-state index is 11.2. The lowest BCUT2D eigenvalue weighted by Gasteiger charge is -2.11. The van der Waals surface area contributed by atoms with E-state index in [1.165, 1.54) is 13.4 Å². The van der Waals surface area contributed by atoms with Gasteiger partial charge in [-0.3, -0.25) is 9.48 Å². The van der Waals surface area contributed by atoms with Crippen molar-refractivity contribution in [2.24, 2.45) is 11.7 Å². The first-order valence-electron chi connectivity index (χ1n) is 4.38. The largest absolute Gasteiger partial charge is 0.469 e. The van der Waals surface area contributed by atoms with Gasteiger partial charge in [-0.25, -0.2) is 4.98 Å². The van der Waals surface area contributed by atoms with Crippen molar-refractivity contribution in [3.63, 3.8) is 0 Å². The second-order valence-electron chi connectivity index (χ2n) is 2.90. The van der Waals surface area contributed by atoms with Gasteiger partial charge in [-0.05, 0) is 6.42 Å². The van der Waals surface area contributed by atoms with Gasteiger partial charge in [0.05, 0.1) is 13.0 Å². The van der Waals surface area contributed by atoms with Gasteiger partial charge in [0.2, 0.25) is 0 Å². The summed E-state index contributed by atoms with van der Waals surface area (Å²) in [5, 5.41) is 3.92. The van der Waals surface area contributed by atoms with Crippen LogP contribution < -0.4 is 5.73 Å². The van der Waals surface area contributed by atoms with Crippen LogP contribution in [0.4, 0.5) is 0 Å². The Hall–Kier alpha value is -1.43. The minimum atomic E-state index is -0.271. The molecule has 0 aliphatic carbocycles. The lowest BCUT2D eigenvalue weighted by Crippen LogP contribution is -2.26. The van der Waals surface area contributed by atoms with Gasteiger partial charge in [0.1, 0.15) is 12.7 Å². The summed E-state index contributed by atoms with van der Waals surface area (Å²) in [6.07, 6.45) is 3.67. The van der Waals surface area contributed by atoms with E-state index in [1.807, 2.05) is 0 Å². The van der Waals surface area contributed by atoms with Gasteiger partial charge in [0.25, 0.3) is 0 Å². The summed E-state index contributed by atoms with van der Waals surface area (Å²) in [5.74, 6) is -0.531. The molecule has 0 aliphatic heterocycles. The molecule has 0 aromatic carbocycles. The van der Waals surface area contributed by atoms with E-state index in [0.29, 0.717) is 19.5 Å². The van der Waals surface area contributed by atoms with Gasteiger partial charge < -0.3 is 10.5 Å². The van der Waals surface area contributed by atoms with E-state index in [1.54, 1.807) is 11.0 Å². The maximum Gasteiger partial charge on any atom is 0.310 e. The molecule has 6 nitrogen and oxygen atoms in total. The van der Waals surface area contributed by atoms with Crippen LogP contribution in [-0.4, -0.2) is 34.4 Å². The SMILES string of the molecule is COC(=O)C(CN)CCn1cncn1. The molecule has 1 aromatic heterocycles. The minimum absolute atomic E-state index is 0.260. The van der Waals surface area contributed by atoms with Crippen LogP contribution in [0.2, 0.25) is 0 Å². The Balaban J connectivity index is 2.38. The molecule has 1 atom stereocenters. The van der Waals surface area contributed by atoms with Crippen LogP contribution in [0.3, 0.4) is 0 Å². The summed E-state index contributed by atoms with van der Waals surface area (Å²) in [7, 11) is 1.36. The molecule has 0 radical (unpaired) electrons. The highest BCUT2D eigenvalue weighted by Gasteiger charge is 2.16. The first kappa shape index (κ1) is 10.6. The van der Waals surface area contributed by atoms with Gasteiger partial charge in [-0.2, -0.15) is 5.10 Å². The number of esters is 1. The van der Waals surface area contributed by atoms with E-state index in [-0.39, 0.29) is 11.9 Å². The van der Waals surface area contributed by atoms with Gasteiger partial charge >= 0.3 is 5.97 Å². The molecular formula is C8H14N4O2. The standard InChI is InChI=1S/C8H14N4O2/c1-14-8(13)7(4-9)2-3-12-6-10-5-11-12/h5-7H,2-4,9H2,1H3. The predicted molar refractivity (Wildman–Crippen MR) is 49.2 cm³/mol. The minimum Gasteiger partial charge on any atom is -0.469 e. The number of carbonyl (C=O) groups excluding carboxylic acids is 1. The van der Waals surface area contributed by atoms with Gasteiger partial charge in [0.15, 0.2) is 0 Å². The number of nitrogens with two attached hydrogens (primary N) is 1. The maximum atomic E-state index is 11.2. The van der Waals surface area contributed by atoms with Crippen molar-refractivity contribution in [1.82, 2.24) is 14.8 Å². The third-order valence-corrected chi connectivity index (χ3v) is 1.99. The van der Waals surface area contributed by atoms with Gasteiger partial charge in [0, 0.05) is 13.1 Å². The van der Waals surface area contributed by atoms with Crippen LogP contribution in [0, 0.1) is 5.92 Å². The molecular weight excluding hydrogens is 184 g/mol. The number of aromatic nitrogens is 3. The molecule has 1 heterocycles. The summed E-state index contributed by atoms with van der Waals surface area (Å²) in [4.78, 5) is 15.0. The zero-order valence-electron chi connectivity index (χ0n) is 8.09. The Morgan fingerprint density at radius 1 is 1.71 bits per heavy atom. The topological polar surface area (TPSA) is 83.0 Å². The molecule has 2 N–H and O–H groups in total. The fourth-order valence-corrected chi connectivity index (χ4v) is 1.13. The smallest absolute Gasteiger partial charge is 0.310 e. The van der Waals surface area contributed by atoms with Crippen molar-refractivity contribution in [3.8, 4) is 0 Å². The lowest BCUT2D eigenvalue weighted by atomic mass is 10.1. The van der Waals surface area contributed by atoms with E-state index < -0.39 is 0 Å². The van der Waals surface area contributed by atoms with Gasteiger partial charge in [-0.1, -0.05) is 0 Å². The van der Waals surface area contributed by atoms with E-state index in [2.05, 4.69) is 14.8 Å². The Kier molecular flexibility index (Phi) is 4.06. The van der Waals surface area contributed by atoms with Crippen LogP contribution in [0.5, 0.6) is 0 Å². The summed E-state index contributed by atoms with van der Waals surface area (Å²) in [6, 6.07) is 0. The molecule has 1 unspecified atom stereocenters. The van der Waals surface area contributed by atoms with Crippen LogP contribution in [0.1, 0.15) is 6.42 Å². The second-order valence-corrected chi connectivity index (χ2v) is 2.90. The Morgan fingerprint density at radius 3 is 3.00 bits per heavy atom. The Morgan fingerprint density at radius 2 is 2.50 bits per heavy atom. The van der Waals surface area contributed by atoms with Crippen molar-refractivity contribution in [1.29, 1.82) is 0 Å². The zero-order chi connectivity index (χ0) is 10.4. The summed E-state index contributed by atoms with van der Waals surface area (Å²) in [5.41, 5.74) is 5.44. The van der Waals surface area contributed by atoms with Crippen LogP contribution >= 0.6 is 0 Å². The molecule has 0 spiro atoms. The number of rotatable bonds is 5. The fourth-order valence-electron chi connectivity index (χ4n) is 1.13. The number of nitrogens with zero attached hydrogens (tertiary/aromatic N) is 3. The van der Waals surface area contributed by atoms with E-state index in [9.17, 15) is 4.79 Å². The highest BCUT2D eigenvalue weighted by Crippen LogP contribution is 2.04. The van der Waals surface area contributed by atoms with E-state index in [0.717, 1.165) is 0 Å². The average molecular weight is 198 g/mol. The highest BCUT2D eigenvalue weighted by atomic mass is 16.5. The number of carbonyl (C=O) groups is 1. The normalized spacial score (nSPS) is 12.4. The van der Waals surface area contributed by atoms with E-state index in [4.69, 9.17) is 5.73 Å². The third kappa shape index (κ3) is 2.81. The molecule has 14 heavy (non-hydrogen) atoms. The molecule has 6 heteroatoms. The first-order chi connectivity index (χ1) is 6.77. The predicted octanol–water partition coefficient (Wildman–Crippen LogP) is -0.584. The quantitative estimate of drug-likeness (QED) is 0.640. The molecule has 0 saturated carbocycles. The Labute approximate surface area is 82.1 Å². The highest BCUT2D eigenvalue weighted by molar-refractivity contribution is 5.72. The summed E-state index contributed by atoms with van der Waals surface area (Å²) >= 11 is 0. The molecule has 0 fully saturated rings. The average Bonchev–Trinajstić information content (AvgIpc) is 2.71. The Bertz CT molecular complexity index is 273. The molecule has 0 amide bonds. The van der Waals surface area contributed by atoms with Crippen molar-refractivity contribution >= 4 is 5.97 Å². The molecule has 78 valence electrons. The van der Waals surface area contributed by atoms with Crippen molar-refractivity contribution in [3.05, 3.63) is 12.7 Å². The number of ether oxygens (including phenoxy) is 1. The zero-order valence-corrected chi connectivity index (χ0v) is 8.09. The molecule has 0 saturated heterocycles. The van der Waals surface area contributed by atoms with Gasteiger partial charge in [-0.15, -0.1) is 0 Å². The monoisotopic (exact) mass is 198 g/mol. The first-order valence-corrected chi connectivity index (χ1v) is 4.38. The number of methoxy groups -OCH3 is 1. The molecule has 0 bridgehead atoms. The van der Waals surface area contributed by atoms with Crippen molar-refractivity contribution < 1.29 is 9.53 Å². The molecule has 1 aromatic rings. The van der Waals surface area contributed by atoms with Crippen LogP contribution in [-0.2, 0) is 16.1 Å². The number of hydrogen-bond acceptors (Lipinski definition) is 5. The summed E-state index contributed by atoms with van der Waals surface area (Å²) < 4.78 is 6.27. The number of hydrogen-bond donors (Lipinski definition) is 1. The molecule has 0 aliphatic rings. The molecule has 1 rings (SSSR count). The van der Waals surface area contributed by atoms with Crippen molar-refractivity contribution in [2.75, 3.05) is 13.7 Å². The number of aryl methyl sites for hydroxylation is 1. The van der Waals surface area contributed by atoms with E-state index >= 15 is 0 Å². The summed E-state index contributed by atoms with van der Waals surface area (Å²) in [6.45, 7) is 0.915. The fraction of sp³-hybridized carbons (Fsp3) is 0.625. The van der Waals surface area contributed by atoms with Crippen molar-refractivity contribution in [2.45, 2.75) is 13.0 Å².